The van der Waals surface area contributed by atoms with Crippen molar-refractivity contribution < 1.29 is 18.7 Å². The molecular formula is C22H19FN2O3. The fourth-order valence-corrected chi connectivity index (χ4v) is 3.29. The van der Waals surface area contributed by atoms with Crippen molar-refractivity contribution >= 4 is 5.91 Å². The van der Waals surface area contributed by atoms with E-state index in [-0.39, 0.29) is 17.8 Å². The lowest BCUT2D eigenvalue weighted by atomic mass is 10.0. The monoisotopic (exact) mass is 378 g/mol. The summed E-state index contributed by atoms with van der Waals surface area (Å²) in [7, 11) is 1.55. The number of nitrogens with zero attached hydrogens (tertiary/aromatic N) is 1. The number of carbonyl (C=O) groups is 1. The van der Waals surface area contributed by atoms with Crippen molar-refractivity contribution in [3.8, 4) is 22.8 Å². The molecule has 5 nitrogen and oxygen atoms in total. The first-order valence-corrected chi connectivity index (χ1v) is 8.97. The molecule has 0 saturated carbocycles. The van der Waals surface area contributed by atoms with Gasteiger partial charge in [-0.3, -0.25) is 9.78 Å². The van der Waals surface area contributed by atoms with Crippen LogP contribution < -0.4 is 14.8 Å². The van der Waals surface area contributed by atoms with E-state index in [2.05, 4.69) is 10.3 Å². The van der Waals surface area contributed by atoms with Gasteiger partial charge in [-0.1, -0.05) is 12.1 Å². The molecule has 28 heavy (non-hydrogen) atoms. The van der Waals surface area contributed by atoms with Crippen LogP contribution in [0.5, 0.6) is 11.5 Å². The minimum absolute atomic E-state index is 0.213. The van der Waals surface area contributed by atoms with Gasteiger partial charge in [0.15, 0.2) is 0 Å². The molecule has 0 aliphatic carbocycles. The molecule has 1 amide bonds. The summed E-state index contributed by atoms with van der Waals surface area (Å²) in [6, 6.07) is 15.3. The highest BCUT2D eigenvalue weighted by Crippen LogP contribution is 2.38. The van der Waals surface area contributed by atoms with E-state index in [1.165, 1.54) is 12.1 Å². The van der Waals surface area contributed by atoms with Crippen molar-refractivity contribution in [3.05, 3.63) is 77.7 Å². The van der Waals surface area contributed by atoms with E-state index in [0.717, 1.165) is 5.56 Å². The van der Waals surface area contributed by atoms with Crippen molar-refractivity contribution in [3.63, 3.8) is 0 Å². The summed E-state index contributed by atoms with van der Waals surface area (Å²) in [6.45, 7) is 0.313. The number of hydrogen-bond acceptors (Lipinski definition) is 4. The zero-order valence-electron chi connectivity index (χ0n) is 15.3. The molecule has 4 rings (SSSR count). The third-order valence-electron chi connectivity index (χ3n) is 4.63. The maximum atomic E-state index is 14.1. The first-order valence-electron chi connectivity index (χ1n) is 8.97. The fraction of sp³-hybridized carbons (Fsp3) is 0.182. The quantitative estimate of drug-likeness (QED) is 0.737. The lowest BCUT2D eigenvalue weighted by molar-refractivity contribution is 0.0933. The van der Waals surface area contributed by atoms with E-state index in [0.29, 0.717) is 41.3 Å². The van der Waals surface area contributed by atoms with Gasteiger partial charge in [-0.2, -0.15) is 0 Å². The van der Waals surface area contributed by atoms with Gasteiger partial charge in [-0.25, -0.2) is 4.39 Å². The van der Waals surface area contributed by atoms with Crippen LogP contribution in [0.2, 0.25) is 0 Å². The molecule has 142 valence electrons. The van der Waals surface area contributed by atoms with Gasteiger partial charge >= 0.3 is 0 Å². The predicted molar refractivity (Wildman–Crippen MR) is 103 cm³/mol. The number of methoxy groups -OCH3 is 1. The number of nitrogens with one attached hydrogen (secondary N) is 1. The summed E-state index contributed by atoms with van der Waals surface area (Å²) in [6.07, 6.45) is 1.91. The number of carbonyl (C=O) groups excluding carboxylic acids is 1. The van der Waals surface area contributed by atoms with Crippen molar-refractivity contribution in [2.45, 2.75) is 12.5 Å². The number of halogens is 1. The maximum Gasteiger partial charge on any atom is 0.251 e. The summed E-state index contributed by atoms with van der Waals surface area (Å²) in [5.41, 5.74) is 2.56. The van der Waals surface area contributed by atoms with E-state index >= 15 is 0 Å². The highest BCUT2D eigenvalue weighted by atomic mass is 19.1. The Morgan fingerprint density at radius 1 is 1.25 bits per heavy atom. The molecule has 0 bridgehead atoms. The van der Waals surface area contributed by atoms with E-state index in [1.807, 2.05) is 12.1 Å². The molecule has 0 unspecified atom stereocenters. The molecule has 2 aromatic carbocycles. The Morgan fingerprint density at radius 2 is 2.14 bits per heavy atom. The van der Waals surface area contributed by atoms with Crippen molar-refractivity contribution in [2.75, 3.05) is 13.7 Å². The van der Waals surface area contributed by atoms with Crippen LogP contribution >= 0.6 is 0 Å². The molecule has 2 heterocycles. The standard InChI is InChI=1S/C22H19FN2O3/c1-27-17-6-4-5-14(10-17)22(26)25-13-18-11-15-9-16(23)12-19(21(15)28-18)20-7-2-3-8-24-20/h2-10,12,18H,11,13H2,1H3,(H,25,26)/t18-/m1/s1. The molecule has 1 atom stereocenters. The predicted octanol–water partition coefficient (Wildman–Crippen LogP) is 3.63. The van der Waals surface area contributed by atoms with Gasteiger partial charge in [-0.15, -0.1) is 0 Å². The zero-order chi connectivity index (χ0) is 19.5. The number of fused-ring (bicyclic) bond motifs is 1. The average molecular weight is 378 g/mol. The Labute approximate surface area is 162 Å². The molecule has 1 aliphatic heterocycles. The van der Waals surface area contributed by atoms with E-state index in [9.17, 15) is 9.18 Å². The number of amides is 1. The average Bonchev–Trinajstić information content (AvgIpc) is 3.14. The Bertz CT molecular complexity index is 1010. The lowest BCUT2D eigenvalue weighted by Gasteiger charge is -2.13. The number of rotatable bonds is 5. The number of benzene rings is 2. The first kappa shape index (κ1) is 18.0. The van der Waals surface area contributed by atoms with Crippen LogP contribution in [0, 0.1) is 5.82 Å². The summed E-state index contributed by atoms with van der Waals surface area (Å²) in [5, 5.41) is 2.87. The summed E-state index contributed by atoms with van der Waals surface area (Å²) >= 11 is 0. The molecule has 1 N–H and O–H groups in total. The molecule has 1 aromatic heterocycles. The van der Waals surface area contributed by atoms with Crippen LogP contribution in [-0.4, -0.2) is 30.6 Å². The van der Waals surface area contributed by atoms with Crippen LogP contribution in [-0.2, 0) is 6.42 Å². The summed E-state index contributed by atoms with van der Waals surface area (Å²) in [4.78, 5) is 16.7. The smallest absolute Gasteiger partial charge is 0.251 e. The number of hydrogen-bond donors (Lipinski definition) is 1. The Hall–Kier alpha value is -3.41. The summed E-state index contributed by atoms with van der Waals surface area (Å²) < 4.78 is 25.3. The van der Waals surface area contributed by atoms with Crippen LogP contribution in [0.15, 0.2) is 60.8 Å². The minimum atomic E-state index is -0.330. The zero-order valence-corrected chi connectivity index (χ0v) is 15.3. The van der Waals surface area contributed by atoms with Crippen LogP contribution in [0.1, 0.15) is 15.9 Å². The van der Waals surface area contributed by atoms with Gasteiger partial charge < -0.3 is 14.8 Å². The second-order valence-electron chi connectivity index (χ2n) is 6.54. The fourth-order valence-electron chi connectivity index (χ4n) is 3.29. The van der Waals surface area contributed by atoms with Crippen LogP contribution in [0.4, 0.5) is 4.39 Å². The molecule has 0 saturated heterocycles. The van der Waals surface area contributed by atoms with E-state index in [4.69, 9.17) is 9.47 Å². The van der Waals surface area contributed by atoms with Gasteiger partial charge in [0.1, 0.15) is 23.4 Å². The molecule has 0 radical (unpaired) electrons. The Kier molecular flexibility index (Phi) is 4.93. The van der Waals surface area contributed by atoms with E-state index < -0.39 is 0 Å². The lowest BCUT2D eigenvalue weighted by Crippen LogP contribution is -2.34. The second-order valence-corrected chi connectivity index (χ2v) is 6.54. The topological polar surface area (TPSA) is 60.5 Å². The Balaban J connectivity index is 1.47. The number of pyridine rings is 1. The van der Waals surface area contributed by atoms with Gasteiger partial charge in [-0.05, 0) is 42.5 Å². The van der Waals surface area contributed by atoms with Crippen molar-refractivity contribution in [2.24, 2.45) is 0 Å². The normalized spacial score (nSPS) is 14.9. The first-order chi connectivity index (χ1) is 13.6. The van der Waals surface area contributed by atoms with E-state index in [1.54, 1.807) is 43.6 Å². The summed E-state index contributed by atoms with van der Waals surface area (Å²) in [5.74, 6) is 0.701. The van der Waals surface area contributed by atoms with Gasteiger partial charge in [0, 0.05) is 29.3 Å². The van der Waals surface area contributed by atoms with Gasteiger partial charge in [0.2, 0.25) is 0 Å². The third kappa shape index (κ3) is 3.67. The molecule has 0 fully saturated rings. The second kappa shape index (κ2) is 7.68. The maximum absolute atomic E-state index is 14.1. The number of ether oxygens (including phenoxy) is 2. The third-order valence-corrected chi connectivity index (χ3v) is 4.63. The molecule has 3 aromatic rings. The minimum Gasteiger partial charge on any atom is -0.497 e. The molecule has 0 spiro atoms. The van der Waals surface area contributed by atoms with Crippen LogP contribution in [0.25, 0.3) is 11.3 Å². The van der Waals surface area contributed by atoms with Gasteiger partial charge in [0.25, 0.3) is 5.91 Å². The van der Waals surface area contributed by atoms with Crippen molar-refractivity contribution in [1.82, 2.24) is 10.3 Å². The molecule has 1 aliphatic rings. The molecular weight excluding hydrogens is 359 g/mol. The highest BCUT2D eigenvalue weighted by molar-refractivity contribution is 5.94. The van der Waals surface area contributed by atoms with Gasteiger partial charge in [0.05, 0.1) is 19.3 Å². The highest BCUT2D eigenvalue weighted by Gasteiger charge is 2.27. The largest absolute Gasteiger partial charge is 0.497 e. The SMILES string of the molecule is COc1cccc(C(=O)NC[C@H]2Cc3cc(F)cc(-c4ccccn4)c3O2)c1. The van der Waals surface area contributed by atoms with Crippen molar-refractivity contribution in [1.29, 1.82) is 0 Å². The van der Waals surface area contributed by atoms with Crippen LogP contribution in [0.3, 0.4) is 0 Å². The number of aromatic nitrogens is 1. The Morgan fingerprint density at radius 3 is 2.93 bits per heavy atom. The molecule has 6 heteroatoms.